The normalized spacial score (nSPS) is 19.8. The molecular weight excluding hydrogens is 370 g/mol. The first kappa shape index (κ1) is 17.9. The molecule has 9 heteroatoms. The topological polar surface area (TPSA) is 108 Å². The molecule has 1 aromatic heterocycles. The number of carbonyl (C=O) groups is 2. The van der Waals surface area contributed by atoms with Crippen LogP contribution in [0.4, 0.5) is 0 Å². The molecule has 0 spiro atoms. The van der Waals surface area contributed by atoms with Gasteiger partial charge >= 0.3 is 5.97 Å². The first-order valence-electron chi connectivity index (χ1n) is 8.73. The standard InChI is InChI=1S/C18H19N3O5S/c22-16(18(6-7-18)17(23)24)20-9-11-21(12-10-20)27(25,26)14-5-1-3-13-4-2-8-19-15(13)14/h1-5,8H,6-7,9-12H2,(H,23,24). The molecule has 1 amide bonds. The summed E-state index contributed by atoms with van der Waals surface area (Å²) >= 11 is 0. The zero-order chi connectivity index (χ0) is 19.2. The Bertz CT molecular complexity index is 1020. The van der Waals surface area contributed by atoms with E-state index in [1.54, 1.807) is 30.5 Å². The summed E-state index contributed by atoms with van der Waals surface area (Å²) in [4.78, 5) is 29.7. The van der Waals surface area contributed by atoms with Gasteiger partial charge in [-0.05, 0) is 25.0 Å². The van der Waals surface area contributed by atoms with Crippen molar-refractivity contribution in [3.63, 3.8) is 0 Å². The van der Waals surface area contributed by atoms with Crippen LogP contribution in [0.25, 0.3) is 10.9 Å². The summed E-state index contributed by atoms with van der Waals surface area (Å²) in [5, 5.41) is 10.0. The number of para-hydroxylation sites is 1. The van der Waals surface area contributed by atoms with E-state index in [0.29, 0.717) is 18.4 Å². The molecule has 2 aliphatic rings. The molecule has 0 unspecified atom stereocenters. The molecule has 0 radical (unpaired) electrons. The van der Waals surface area contributed by atoms with E-state index >= 15 is 0 Å². The zero-order valence-electron chi connectivity index (χ0n) is 14.5. The van der Waals surface area contributed by atoms with Gasteiger partial charge in [-0.25, -0.2) is 8.42 Å². The molecule has 1 N–H and O–H groups in total. The first-order valence-corrected chi connectivity index (χ1v) is 10.2. The molecular formula is C18H19N3O5S. The molecule has 2 aromatic rings. The molecule has 142 valence electrons. The van der Waals surface area contributed by atoms with Gasteiger partial charge in [0.2, 0.25) is 15.9 Å². The summed E-state index contributed by atoms with van der Waals surface area (Å²) in [6.07, 6.45) is 2.25. The van der Waals surface area contributed by atoms with Crippen molar-refractivity contribution in [2.75, 3.05) is 26.2 Å². The molecule has 2 fully saturated rings. The van der Waals surface area contributed by atoms with Gasteiger partial charge in [0.1, 0.15) is 10.3 Å². The van der Waals surface area contributed by atoms with Crippen LogP contribution < -0.4 is 0 Å². The Morgan fingerprint density at radius 1 is 1.04 bits per heavy atom. The number of hydrogen-bond acceptors (Lipinski definition) is 5. The number of carbonyl (C=O) groups excluding carboxylic acids is 1. The van der Waals surface area contributed by atoms with Crippen LogP contribution in [0, 0.1) is 5.41 Å². The van der Waals surface area contributed by atoms with Crippen LogP contribution in [0.15, 0.2) is 41.4 Å². The second kappa shape index (κ2) is 6.28. The van der Waals surface area contributed by atoms with E-state index in [0.717, 1.165) is 5.39 Å². The number of amides is 1. The molecule has 1 aliphatic heterocycles. The molecule has 4 rings (SSSR count). The highest BCUT2D eigenvalue weighted by Crippen LogP contribution is 2.47. The van der Waals surface area contributed by atoms with E-state index in [1.165, 1.54) is 15.3 Å². The summed E-state index contributed by atoms with van der Waals surface area (Å²) in [6.45, 7) is 0.635. The van der Waals surface area contributed by atoms with E-state index in [9.17, 15) is 23.1 Å². The number of rotatable bonds is 4. The van der Waals surface area contributed by atoms with Crippen LogP contribution in [0.5, 0.6) is 0 Å². The zero-order valence-corrected chi connectivity index (χ0v) is 15.4. The minimum Gasteiger partial charge on any atom is -0.480 e. The summed E-state index contributed by atoms with van der Waals surface area (Å²) < 4.78 is 27.5. The molecule has 1 aliphatic carbocycles. The number of nitrogens with zero attached hydrogens (tertiary/aromatic N) is 3. The second-order valence-corrected chi connectivity index (χ2v) is 8.82. The molecule has 8 nitrogen and oxygen atoms in total. The Morgan fingerprint density at radius 2 is 1.70 bits per heavy atom. The molecule has 0 bridgehead atoms. The SMILES string of the molecule is O=C(O)C1(C(=O)N2CCN(S(=O)(=O)c3cccc4cccnc34)CC2)CC1. The van der Waals surface area contributed by atoms with Gasteiger partial charge in [-0.15, -0.1) is 0 Å². The molecule has 27 heavy (non-hydrogen) atoms. The fraction of sp³-hybridized carbons (Fsp3) is 0.389. The molecule has 1 saturated heterocycles. The monoisotopic (exact) mass is 389 g/mol. The lowest BCUT2D eigenvalue weighted by molar-refractivity contribution is -0.154. The highest BCUT2D eigenvalue weighted by Gasteiger charge is 2.58. The fourth-order valence-corrected chi connectivity index (χ4v) is 5.09. The first-order chi connectivity index (χ1) is 12.9. The van der Waals surface area contributed by atoms with Crippen molar-refractivity contribution in [3.05, 3.63) is 36.5 Å². The van der Waals surface area contributed by atoms with Crippen molar-refractivity contribution < 1.29 is 23.1 Å². The number of benzene rings is 1. The van der Waals surface area contributed by atoms with Gasteiger partial charge in [0, 0.05) is 37.8 Å². The lowest BCUT2D eigenvalue weighted by atomic mass is 10.1. The number of aromatic nitrogens is 1. The minimum absolute atomic E-state index is 0.132. The number of aliphatic carboxylic acids is 1. The van der Waals surface area contributed by atoms with E-state index in [2.05, 4.69) is 4.98 Å². The number of pyridine rings is 1. The minimum atomic E-state index is -3.76. The number of hydrogen-bond donors (Lipinski definition) is 1. The molecule has 0 atom stereocenters. The van der Waals surface area contributed by atoms with Crippen molar-refractivity contribution in [3.8, 4) is 0 Å². The number of carboxylic acid groups (broad SMARTS) is 1. The van der Waals surface area contributed by atoms with Gasteiger partial charge in [0.25, 0.3) is 0 Å². The predicted octanol–water partition coefficient (Wildman–Crippen LogP) is 0.932. The van der Waals surface area contributed by atoms with Gasteiger partial charge in [-0.2, -0.15) is 4.31 Å². The number of sulfonamides is 1. The number of fused-ring (bicyclic) bond motifs is 1. The van der Waals surface area contributed by atoms with Crippen LogP contribution in [0.2, 0.25) is 0 Å². The van der Waals surface area contributed by atoms with Crippen molar-refractivity contribution in [2.24, 2.45) is 5.41 Å². The molecule has 1 aromatic carbocycles. The van der Waals surface area contributed by atoms with E-state index in [4.69, 9.17) is 0 Å². The Labute approximate surface area is 156 Å². The number of piperazine rings is 1. The van der Waals surface area contributed by atoms with Crippen LogP contribution in [0.3, 0.4) is 0 Å². The third-order valence-corrected chi connectivity index (χ3v) is 7.24. The van der Waals surface area contributed by atoms with Crippen molar-refractivity contribution in [2.45, 2.75) is 17.7 Å². The number of carboxylic acids is 1. The maximum absolute atomic E-state index is 13.1. The maximum Gasteiger partial charge on any atom is 0.319 e. The van der Waals surface area contributed by atoms with E-state index in [-0.39, 0.29) is 31.1 Å². The average molecular weight is 389 g/mol. The van der Waals surface area contributed by atoms with Crippen LogP contribution in [-0.2, 0) is 19.6 Å². The largest absolute Gasteiger partial charge is 0.480 e. The van der Waals surface area contributed by atoms with E-state index < -0.39 is 27.3 Å². The summed E-state index contributed by atoms with van der Waals surface area (Å²) in [7, 11) is -3.76. The second-order valence-electron chi connectivity index (χ2n) is 6.91. The Hall–Kier alpha value is -2.52. The lowest BCUT2D eigenvalue weighted by Crippen LogP contribution is -2.53. The maximum atomic E-state index is 13.1. The Balaban J connectivity index is 1.54. The summed E-state index contributed by atoms with van der Waals surface area (Å²) in [6, 6.07) is 8.57. The van der Waals surface area contributed by atoms with Gasteiger partial charge in [-0.3, -0.25) is 14.6 Å². The van der Waals surface area contributed by atoms with Crippen molar-refractivity contribution in [1.29, 1.82) is 0 Å². The van der Waals surface area contributed by atoms with Gasteiger partial charge in [0.15, 0.2) is 0 Å². The van der Waals surface area contributed by atoms with Crippen LogP contribution in [-0.4, -0.2) is 65.8 Å². The Kier molecular flexibility index (Phi) is 4.15. The third kappa shape index (κ3) is 2.87. The smallest absolute Gasteiger partial charge is 0.319 e. The Morgan fingerprint density at radius 3 is 2.33 bits per heavy atom. The van der Waals surface area contributed by atoms with Gasteiger partial charge in [-0.1, -0.05) is 18.2 Å². The quantitative estimate of drug-likeness (QED) is 0.780. The average Bonchev–Trinajstić information content (AvgIpc) is 3.49. The lowest BCUT2D eigenvalue weighted by Gasteiger charge is -2.35. The van der Waals surface area contributed by atoms with Gasteiger partial charge < -0.3 is 10.0 Å². The van der Waals surface area contributed by atoms with Crippen molar-refractivity contribution >= 4 is 32.8 Å². The highest BCUT2D eigenvalue weighted by molar-refractivity contribution is 7.89. The molecule has 1 saturated carbocycles. The van der Waals surface area contributed by atoms with E-state index in [1.807, 2.05) is 0 Å². The summed E-state index contributed by atoms with van der Waals surface area (Å²) in [5.74, 6) is -1.50. The van der Waals surface area contributed by atoms with Gasteiger partial charge in [0.05, 0.1) is 5.52 Å². The predicted molar refractivity (Wildman–Crippen MR) is 96.4 cm³/mol. The molecule has 2 heterocycles. The third-order valence-electron chi connectivity index (χ3n) is 5.31. The highest BCUT2D eigenvalue weighted by atomic mass is 32.2. The van der Waals surface area contributed by atoms with Crippen LogP contribution in [0.1, 0.15) is 12.8 Å². The van der Waals surface area contributed by atoms with Crippen molar-refractivity contribution in [1.82, 2.24) is 14.2 Å². The fourth-order valence-electron chi connectivity index (χ4n) is 3.50. The summed E-state index contributed by atoms with van der Waals surface area (Å²) in [5.41, 5.74) is -0.873. The van der Waals surface area contributed by atoms with Crippen LogP contribution >= 0.6 is 0 Å².